The Morgan fingerprint density at radius 3 is 2.31 bits per heavy atom. The summed E-state index contributed by atoms with van der Waals surface area (Å²) in [6.07, 6.45) is 1.74. The Hall–Kier alpha value is -2.25. The van der Waals surface area contributed by atoms with E-state index in [1.807, 2.05) is 0 Å². The summed E-state index contributed by atoms with van der Waals surface area (Å²) in [5, 5.41) is 0. The van der Waals surface area contributed by atoms with Crippen LogP contribution in [0.4, 0.5) is 4.39 Å². The molecule has 1 amide bonds. The first-order valence-electron chi connectivity index (χ1n) is 8.48. The smallest absolute Gasteiger partial charge is 0.253 e. The van der Waals surface area contributed by atoms with Crippen LogP contribution in [-0.2, 0) is 16.6 Å². The summed E-state index contributed by atoms with van der Waals surface area (Å²) >= 11 is 0. The van der Waals surface area contributed by atoms with Gasteiger partial charge in [-0.05, 0) is 43.2 Å². The number of hydrogen-bond donors (Lipinski definition) is 0. The lowest BCUT2D eigenvalue weighted by Gasteiger charge is -2.19. The second-order valence-electron chi connectivity index (χ2n) is 6.39. The molecule has 1 saturated heterocycles. The van der Waals surface area contributed by atoms with Crippen molar-refractivity contribution >= 4 is 15.9 Å². The van der Waals surface area contributed by atoms with Crippen LogP contribution in [0, 0.1) is 5.82 Å². The van der Waals surface area contributed by atoms with E-state index >= 15 is 0 Å². The topological polar surface area (TPSA) is 57.7 Å². The van der Waals surface area contributed by atoms with E-state index in [1.54, 1.807) is 25.2 Å². The van der Waals surface area contributed by atoms with Crippen molar-refractivity contribution in [2.45, 2.75) is 24.3 Å². The third-order valence-electron chi connectivity index (χ3n) is 4.52. The van der Waals surface area contributed by atoms with Gasteiger partial charge < -0.3 is 4.90 Å². The molecule has 0 aliphatic carbocycles. The molecule has 26 heavy (non-hydrogen) atoms. The van der Waals surface area contributed by atoms with Crippen LogP contribution >= 0.6 is 0 Å². The minimum atomic E-state index is -3.50. The van der Waals surface area contributed by atoms with Gasteiger partial charge in [0.1, 0.15) is 5.82 Å². The van der Waals surface area contributed by atoms with E-state index in [0.717, 1.165) is 12.8 Å². The summed E-state index contributed by atoms with van der Waals surface area (Å²) in [7, 11) is -1.91. The minimum absolute atomic E-state index is 0.138. The van der Waals surface area contributed by atoms with Gasteiger partial charge >= 0.3 is 0 Å². The van der Waals surface area contributed by atoms with Crippen molar-refractivity contribution in [1.29, 1.82) is 0 Å². The highest BCUT2D eigenvalue weighted by molar-refractivity contribution is 7.89. The fourth-order valence-electron chi connectivity index (χ4n) is 3.02. The van der Waals surface area contributed by atoms with Crippen molar-refractivity contribution in [2.24, 2.45) is 0 Å². The van der Waals surface area contributed by atoms with E-state index < -0.39 is 10.0 Å². The Morgan fingerprint density at radius 2 is 1.69 bits per heavy atom. The zero-order valence-electron chi connectivity index (χ0n) is 14.6. The van der Waals surface area contributed by atoms with Gasteiger partial charge in [0, 0.05) is 37.8 Å². The fraction of sp³-hybridized carbons (Fsp3) is 0.316. The maximum atomic E-state index is 13.7. The third kappa shape index (κ3) is 3.78. The molecule has 2 aromatic rings. The predicted octanol–water partition coefficient (Wildman–Crippen LogP) is 2.88. The van der Waals surface area contributed by atoms with Crippen molar-refractivity contribution in [3.63, 3.8) is 0 Å². The molecule has 7 heteroatoms. The van der Waals surface area contributed by atoms with Gasteiger partial charge in [0.05, 0.1) is 4.90 Å². The number of carbonyl (C=O) groups is 1. The normalized spacial score (nSPS) is 15.2. The summed E-state index contributed by atoms with van der Waals surface area (Å²) in [5.41, 5.74) is 0.792. The Kier molecular flexibility index (Phi) is 5.38. The van der Waals surface area contributed by atoms with Crippen LogP contribution in [0.25, 0.3) is 0 Å². The largest absolute Gasteiger partial charge is 0.337 e. The molecule has 0 spiro atoms. The minimum Gasteiger partial charge on any atom is -0.337 e. The van der Waals surface area contributed by atoms with Gasteiger partial charge in [0.2, 0.25) is 10.0 Å². The SMILES string of the molecule is CN(Cc1ccccc1F)C(=O)c1ccc(S(=O)(=O)N2CCCC2)cc1. The van der Waals surface area contributed by atoms with Gasteiger partial charge in [0.15, 0.2) is 0 Å². The van der Waals surface area contributed by atoms with Crippen molar-refractivity contribution in [3.8, 4) is 0 Å². The summed E-state index contributed by atoms with van der Waals surface area (Å²) < 4.78 is 40.2. The molecule has 1 aliphatic heterocycles. The number of rotatable bonds is 5. The molecule has 1 fully saturated rings. The number of hydrogen-bond acceptors (Lipinski definition) is 3. The second-order valence-corrected chi connectivity index (χ2v) is 8.33. The molecule has 0 atom stereocenters. The summed E-state index contributed by atoms with van der Waals surface area (Å²) in [5.74, 6) is -0.655. The summed E-state index contributed by atoms with van der Waals surface area (Å²) in [6.45, 7) is 1.21. The fourth-order valence-corrected chi connectivity index (χ4v) is 4.54. The molecule has 1 aliphatic rings. The summed E-state index contributed by atoms with van der Waals surface area (Å²) in [6, 6.07) is 12.2. The Labute approximate surface area is 153 Å². The van der Waals surface area contributed by atoms with Crippen molar-refractivity contribution < 1.29 is 17.6 Å². The van der Waals surface area contributed by atoms with Gasteiger partial charge in [-0.25, -0.2) is 12.8 Å². The highest BCUT2D eigenvalue weighted by Gasteiger charge is 2.27. The molecule has 0 saturated carbocycles. The van der Waals surface area contributed by atoms with E-state index in [0.29, 0.717) is 24.2 Å². The lowest BCUT2D eigenvalue weighted by Crippen LogP contribution is -2.28. The third-order valence-corrected chi connectivity index (χ3v) is 6.43. The Bertz CT molecular complexity index is 891. The lowest BCUT2D eigenvalue weighted by atomic mass is 10.1. The average Bonchev–Trinajstić information content (AvgIpc) is 3.18. The molecule has 0 bridgehead atoms. The van der Waals surface area contributed by atoms with E-state index in [4.69, 9.17) is 0 Å². The highest BCUT2D eigenvalue weighted by Crippen LogP contribution is 2.21. The molecule has 2 aromatic carbocycles. The Balaban J connectivity index is 1.73. The number of nitrogens with zero attached hydrogens (tertiary/aromatic N) is 2. The standard InChI is InChI=1S/C19H21FN2O3S/c1-21(14-16-6-2-3-7-18(16)20)19(23)15-8-10-17(11-9-15)26(24,25)22-12-4-5-13-22/h2-3,6-11H,4-5,12-14H2,1H3. The molecule has 5 nitrogen and oxygen atoms in total. The van der Waals surface area contributed by atoms with E-state index in [-0.39, 0.29) is 23.2 Å². The quantitative estimate of drug-likeness (QED) is 0.806. The second kappa shape index (κ2) is 7.55. The van der Waals surface area contributed by atoms with Crippen LogP contribution < -0.4 is 0 Å². The highest BCUT2D eigenvalue weighted by atomic mass is 32.2. The number of benzene rings is 2. The van der Waals surface area contributed by atoms with Crippen molar-refractivity contribution in [1.82, 2.24) is 9.21 Å². The number of halogens is 1. The monoisotopic (exact) mass is 376 g/mol. The average molecular weight is 376 g/mol. The predicted molar refractivity (Wildman–Crippen MR) is 96.6 cm³/mol. The van der Waals surface area contributed by atoms with Crippen LogP contribution in [0.2, 0.25) is 0 Å². The van der Waals surface area contributed by atoms with E-state index in [1.165, 1.54) is 39.5 Å². The molecule has 138 valence electrons. The Morgan fingerprint density at radius 1 is 1.08 bits per heavy atom. The van der Waals surface area contributed by atoms with Crippen LogP contribution in [0.3, 0.4) is 0 Å². The van der Waals surface area contributed by atoms with Gasteiger partial charge in [-0.1, -0.05) is 18.2 Å². The maximum Gasteiger partial charge on any atom is 0.253 e. The van der Waals surface area contributed by atoms with Crippen LogP contribution in [0.5, 0.6) is 0 Å². The van der Waals surface area contributed by atoms with Crippen molar-refractivity contribution in [3.05, 3.63) is 65.5 Å². The first-order valence-corrected chi connectivity index (χ1v) is 9.92. The molecule has 0 unspecified atom stereocenters. The van der Waals surface area contributed by atoms with Crippen LogP contribution in [0.15, 0.2) is 53.4 Å². The van der Waals surface area contributed by atoms with Crippen LogP contribution in [0.1, 0.15) is 28.8 Å². The zero-order chi connectivity index (χ0) is 18.7. The van der Waals surface area contributed by atoms with Gasteiger partial charge in [-0.2, -0.15) is 4.31 Å². The summed E-state index contributed by atoms with van der Waals surface area (Å²) in [4.78, 5) is 14.1. The number of sulfonamides is 1. The molecule has 3 rings (SSSR count). The first kappa shape index (κ1) is 18.5. The van der Waals surface area contributed by atoms with Gasteiger partial charge in [-0.3, -0.25) is 4.79 Å². The van der Waals surface area contributed by atoms with Gasteiger partial charge in [-0.15, -0.1) is 0 Å². The van der Waals surface area contributed by atoms with Crippen LogP contribution in [-0.4, -0.2) is 43.7 Å². The molecule has 1 heterocycles. The molecular formula is C19H21FN2O3S. The van der Waals surface area contributed by atoms with Crippen molar-refractivity contribution in [2.75, 3.05) is 20.1 Å². The first-order chi connectivity index (χ1) is 12.4. The maximum absolute atomic E-state index is 13.7. The lowest BCUT2D eigenvalue weighted by molar-refractivity contribution is 0.0783. The number of amides is 1. The molecule has 0 aromatic heterocycles. The van der Waals surface area contributed by atoms with E-state index in [2.05, 4.69) is 0 Å². The molecular weight excluding hydrogens is 355 g/mol. The number of carbonyl (C=O) groups excluding carboxylic acids is 1. The van der Waals surface area contributed by atoms with E-state index in [9.17, 15) is 17.6 Å². The zero-order valence-corrected chi connectivity index (χ0v) is 15.4. The molecule has 0 radical (unpaired) electrons. The molecule has 0 N–H and O–H groups in total. The van der Waals surface area contributed by atoms with Gasteiger partial charge in [0.25, 0.3) is 5.91 Å².